The predicted octanol–water partition coefficient (Wildman–Crippen LogP) is 3.40. The van der Waals surface area contributed by atoms with Crippen LogP contribution < -0.4 is 0 Å². The summed E-state index contributed by atoms with van der Waals surface area (Å²) in [7, 11) is 1.78. The van der Waals surface area contributed by atoms with Crippen molar-refractivity contribution in [3.63, 3.8) is 0 Å². The Kier molecular flexibility index (Phi) is 5.46. The van der Waals surface area contributed by atoms with Gasteiger partial charge in [-0.2, -0.15) is 10.4 Å². The van der Waals surface area contributed by atoms with Crippen molar-refractivity contribution in [3.8, 4) is 11.8 Å². The highest BCUT2D eigenvalue weighted by atomic mass is 16.2. The van der Waals surface area contributed by atoms with E-state index in [4.69, 9.17) is 0 Å². The molecular weight excluding hydrogens is 352 g/mol. The summed E-state index contributed by atoms with van der Waals surface area (Å²) >= 11 is 0. The van der Waals surface area contributed by atoms with Crippen LogP contribution in [0, 0.1) is 22.7 Å². The number of nitriles is 1. The second kappa shape index (κ2) is 7.81. The quantitative estimate of drug-likeness (QED) is 0.801. The monoisotopic (exact) mass is 376 g/mol. The average Bonchev–Trinajstić information content (AvgIpc) is 3.22. The number of rotatable bonds is 5. The lowest BCUT2D eigenvalue weighted by Gasteiger charge is -2.32. The maximum atomic E-state index is 12.7. The molecule has 144 valence electrons. The Labute approximate surface area is 165 Å². The van der Waals surface area contributed by atoms with Crippen molar-refractivity contribution < 1.29 is 9.59 Å². The van der Waals surface area contributed by atoms with Gasteiger partial charge in [-0.15, -0.1) is 0 Å². The molecule has 6 heteroatoms. The van der Waals surface area contributed by atoms with Gasteiger partial charge < -0.3 is 4.90 Å². The fraction of sp³-hybridized carbons (Fsp3) is 0.364. The number of benzene rings is 1. The van der Waals surface area contributed by atoms with Crippen molar-refractivity contribution in [1.82, 2.24) is 14.7 Å². The molecule has 0 saturated heterocycles. The van der Waals surface area contributed by atoms with Crippen molar-refractivity contribution in [2.75, 3.05) is 13.6 Å². The first-order chi connectivity index (χ1) is 13.3. The molecule has 0 saturated carbocycles. The number of carbonyl (C=O) groups excluding carboxylic acids is 2. The molecule has 0 N–H and O–H groups in total. The van der Waals surface area contributed by atoms with Crippen LogP contribution in [-0.4, -0.2) is 40.0 Å². The van der Waals surface area contributed by atoms with Crippen LogP contribution in [0.2, 0.25) is 0 Å². The fourth-order valence-corrected chi connectivity index (χ4v) is 3.62. The molecule has 1 amide bonds. The van der Waals surface area contributed by atoms with Gasteiger partial charge >= 0.3 is 0 Å². The number of aromatic nitrogens is 2. The molecule has 3 rings (SSSR count). The lowest BCUT2D eigenvalue weighted by atomic mass is 9.71. The molecule has 0 fully saturated rings. The first kappa shape index (κ1) is 19.6. The maximum absolute atomic E-state index is 12.7. The standard InChI is InChI=1S/C22H24N4O2/c1-22(2)14-16(13-18(15-23)20(22)27)9-12-25(3)21(28)17-5-7-19(8-6-17)26-11-4-10-24-26/h4-8,10-11,13,16H,9,12,14H2,1-3H3. The molecule has 0 spiro atoms. The van der Waals surface area contributed by atoms with Crippen LogP contribution in [0.15, 0.2) is 54.4 Å². The van der Waals surface area contributed by atoms with E-state index in [9.17, 15) is 14.9 Å². The molecule has 0 radical (unpaired) electrons. The Hall–Kier alpha value is -3.20. The van der Waals surface area contributed by atoms with Crippen LogP contribution in [-0.2, 0) is 4.79 Å². The minimum atomic E-state index is -0.532. The van der Waals surface area contributed by atoms with Crippen molar-refractivity contribution >= 4 is 11.7 Å². The summed E-state index contributed by atoms with van der Waals surface area (Å²) in [5.74, 6) is -0.0320. The molecule has 6 nitrogen and oxygen atoms in total. The molecule has 1 aliphatic carbocycles. The van der Waals surface area contributed by atoms with Gasteiger partial charge in [0, 0.05) is 37.0 Å². The molecular formula is C22H24N4O2. The zero-order chi connectivity index (χ0) is 20.3. The number of hydrogen-bond donors (Lipinski definition) is 0. The zero-order valence-electron chi connectivity index (χ0n) is 16.4. The summed E-state index contributed by atoms with van der Waals surface area (Å²) in [4.78, 5) is 26.6. The van der Waals surface area contributed by atoms with Gasteiger partial charge in [-0.1, -0.05) is 19.9 Å². The van der Waals surface area contributed by atoms with Crippen molar-refractivity contribution in [2.24, 2.45) is 11.3 Å². The third-order valence-electron chi connectivity index (χ3n) is 5.22. The molecule has 1 aromatic heterocycles. The first-order valence-electron chi connectivity index (χ1n) is 9.34. The number of allylic oxidation sites excluding steroid dienone is 2. The lowest BCUT2D eigenvalue weighted by molar-refractivity contribution is -0.124. The smallest absolute Gasteiger partial charge is 0.253 e. The van der Waals surface area contributed by atoms with Gasteiger partial charge in [0.1, 0.15) is 6.07 Å². The summed E-state index contributed by atoms with van der Waals surface area (Å²) in [6.07, 6.45) is 6.74. The first-order valence-corrected chi connectivity index (χ1v) is 9.34. The van der Waals surface area contributed by atoms with Gasteiger partial charge in [0.25, 0.3) is 5.91 Å². The van der Waals surface area contributed by atoms with E-state index in [1.54, 1.807) is 41.0 Å². The number of Topliss-reactive ketones (excluding diaryl/α,β-unsaturated/α-hetero) is 1. The van der Waals surface area contributed by atoms with Gasteiger partial charge in [-0.3, -0.25) is 9.59 Å². The van der Waals surface area contributed by atoms with E-state index in [0.29, 0.717) is 18.5 Å². The average molecular weight is 376 g/mol. The highest BCUT2D eigenvalue weighted by Gasteiger charge is 2.36. The van der Waals surface area contributed by atoms with Crippen LogP contribution in [0.25, 0.3) is 5.69 Å². The van der Waals surface area contributed by atoms with Crippen LogP contribution in [0.3, 0.4) is 0 Å². The van der Waals surface area contributed by atoms with Crippen LogP contribution in [0.1, 0.15) is 37.0 Å². The number of carbonyl (C=O) groups is 2. The molecule has 28 heavy (non-hydrogen) atoms. The van der Waals surface area contributed by atoms with E-state index in [2.05, 4.69) is 5.10 Å². The second-order valence-electron chi connectivity index (χ2n) is 7.88. The van der Waals surface area contributed by atoms with E-state index in [0.717, 1.165) is 12.1 Å². The molecule has 1 heterocycles. The van der Waals surface area contributed by atoms with Gasteiger partial charge in [0.05, 0.1) is 11.3 Å². The summed E-state index contributed by atoms with van der Waals surface area (Å²) in [6, 6.07) is 11.2. The third-order valence-corrected chi connectivity index (χ3v) is 5.22. The maximum Gasteiger partial charge on any atom is 0.253 e. The summed E-state index contributed by atoms with van der Waals surface area (Å²) < 4.78 is 1.74. The van der Waals surface area contributed by atoms with Crippen molar-refractivity contribution in [1.29, 1.82) is 5.26 Å². The van der Waals surface area contributed by atoms with E-state index in [1.807, 2.05) is 44.3 Å². The minimum Gasteiger partial charge on any atom is -0.342 e. The lowest BCUT2D eigenvalue weighted by Crippen LogP contribution is -2.34. The van der Waals surface area contributed by atoms with Gasteiger partial charge in [-0.25, -0.2) is 4.68 Å². The fourth-order valence-electron chi connectivity index (χ4n) is 3.62. The topological polar surface area (TPSA) is 79.0 Å². The predicted molar refractivity (Wildman–Crippen MR) is 106 cm³/mol. The van der Waals surface area contributed by atoms with Crippen LogP contribution >= 0.6 is 0 Å². The molecule has 1 aliphatic rings. The molecule has 1 aromatic carbocycles. The van der Waals surface area contributed by atoms with E-state index >= 15 is 0 Å². The Balaban J connectivity index is 1.62. The Morgan fingerprint density at radius 1 is 1.36 bits per heavy atom. The zero-order valence-corrected chi connectivity index (χ0v) is 16.4. The van der Waals surface area contributed by atoms with Gasteiger partial charge in [0.15, 0.2) is 5.78 Å². The minimum absolute atomic E-state index is 0.0531. The Morgan fingerprint density at radius 2 is 2.07 bits per heavy atom. The summed E-state index contributed by atoms with van der Waals surface area (Å²) in [5, 5.41) is 13.4. The third kappa shape index (κ3) is 4.04. The van der Waals surface area contributed by atoms with Gasteiger partial charge in [-0.05, 0) is 49.1 Å². The SMILES string of the molecule is CN(CCC1C=C(C#N)C(=O)C(C)(C)C1)C(=O)c1ccc(-n2cccn2)cc1. The largest absolute Gasteiger partial charge is 0.342 e. The number of nitrogens with zero attached hydrogens (tertiary/aromatic N) is 4. The van der Waals surface area contributed by atoms with Crippen molar-refractivity contribution in [3.05, 3.63) is 59.9 Å². The highest BCUT2D eigenvalue weighted by molar-refractivity contribution is 6.03. The van der Waals surface area contributed by atoms with Gasteiger partial charge in [0.2, 0.25) is 0 Å². The Morgan fingerprint density at radius 3 is 2.68 bits per heavy atom. The summed E-state index contributed by atoms with van der Waals surface area (Å²) in [5.41, 5.74) is 1.22. The van der Waals surface area contributed by atoms with E-state index in [-0.39, 0.29) is 23.2 Å². The summed E-state index contributed by atoms with van der Waals surface area (Å²) in [6.45, 7) is 4.31. The number of hydrogen-bond acceptors (Lipinski definition) is 4. The normalized spacial score (nSPS) is 18.3. The number of amides is 1. The molecule has 0 bridgehead atoms. The number of ketones is 1. The van der Waals surface area contributed by atoms with Crippen molar-refractivity contribution in [2.45, 2.75) is 26.7 Å². The van der Waals surface area contributed by atoms with Crippen LogP contribution in [0.4, 0.5) is 0 Å². The van der Waals surface area contributed by atoms with Crippen LogP contribution in [0.5, 0.6) is 0 Å². The molecule has 1 atom stereocenters. The Bertz CT molecular complexity index is 934. The second-order valence-corrected chi connectivity index (χ2v) is 7.88. The van der Waals surface area contributed by atoms with E-state index in [1.165, 1.54) is 0 Å². The highest BCUT2D eigenvalue weighted by Crippen LogP contribution is 2.36. The molecule has 2 aromatic rings. The molecule has 0 aliphatic heterocycles. The molecule has 1 unspecified atom stereocenters. The van der Waals surface area contributed by atoms with E-state index < -0.39 is 5.41 Å².